The van der Waals surface area contributed by atoms with Crippen molar-refractivity contribution in [2.45, 2.75) is 369 Å². The Balaban J connectivity index is 5.24. The molecule has 0 aliphatic carbocycles. The molecule has 0 aliphatic heterocycles. The van der Waals surface area contributed by atoms with Crippen molar-refractivity contribution in [3.63, 3.8) is 0 Å². The lowest BCUT2D eigenvalue weighted by Crippen LogP contribution is -2.30. The summed E-state index contributed by atoms with van der Waals surface area (Å²) in [5.74, 6) is 0.0742. The van der Waals surface area contributed by atoms with Crippen LogP contribution in [0.15, 0.2) is 0 Å². The van der Waals surface area contributed by atoms with E-state index in [4.69, 9.17) is 37.0 Å². The number of rotatable bonds is 68. The average molecular weight is 1310 g/mol. The molecule has 0 amide bonds. The number of carbonyl (C=O) groups is 4. The highest BCUT2D eigenvalue weighted by Crippen LogP contribution is 2.45. The first kappa shape index (κ1) is 87.1. The zero-order valence-electron chi connectivity index (χ0n) is 57.9. The maximum Gasteiger partial charge on any atom is 0.472 e. The van der Waals surface area contributed by atoms with Crippen molar-refractivity contribution in [2.75, 3.05) is 39.6 Å². The molecule has 89 heavy (non-hydrogen) atoms. The van der Waals surface area contributed by atoms with Crippen molar-refractivity contribution in [3.05, 3.63) is 0 Å². The maximum absolute atomic E-state index is 13.0. The van der Waals surface area contributed by atoms with Crippen LogP contribution in [0, 0.1) is 17.8 Å². The van der Waals surface area contributed by atoms with Gasteiger partial charge in [0.1, 0.15) is 19.3 Å². The van der Waals surface area contributed by atoms with Crippen LogP contribution in [-0.2, 0) is 65.4 Å². The lowest BCUT2D eigenvalue weighted by molar-refractivity contribution is -0.161. The van der Waals surface area contributed by atoms with Gasteiger partial charge in [0.15, 0.2) is 12.2 Å². The molecule has 0 spiro atoms. The van der Waals surface area contributed by atoms with Crippen LogP contribution in [0.1, 0.15) is 350 Å². The molecule has 4 unspecified atom stereocenters. The van der Waals surface area contributed by atoms with Crippen LogP contribution in [0.25, 0.3) is 0 Å². The molecular weight excluding hydrogens is 1170 g/mol. The normalized spacial score (nSPS) is 14.8. The van der Waals surface area contributed by atoms with Gasteiger partial charge in [-0.3, -0.25) is 37.3 Å². The lowest BCUT2D eigenvalue weighted by Gasteiger charge is -2.21. The van der Waals surface area contributed by atoms with E-state index in [9.17, 15) is 43.2 Å². The molecule has 0 rings (SSSR count). The summed E-state index contributed by atoms with van der Waals surface area (Å²) in [7, 11) is -9.90. The van der Waals surface area contributed by atoms with E-state index in [1.165, 1.54) is 154 Å². The van der Waals surface area contributed by atoms with Gasteiger partial charge >= 0.3 is 39.5 Å². The summed E-state index contributed by atoms with van der Waals surface area (Å²) in [6.07, 6.45) is 44.5. The third-order valence-corrected chi connectivity index (χ3v) is 18.8. The first-order chi connectivity index (χ1) is 42.8. The molecule has 528 valence electrons. The monoisotopic (exact) mass is 1310 g/mol. The number of phosphoric ester groups is 2. The van der Waals surface area contributed by atoms with Crippen LogP contribution in [0.3, 0.4) is 0 Å². The van der Waals surface area contributed by atoms with Crippen LogP contribution >= 0.6 is 15.6 Å². The SMILES string of the molecule is CCCCCCCCCCCCCCCCCCCC(=O)O[C@H](COC(=O)CCCCCCCCCCC(C)CC)COP(=O)(O)OC[C@@H](O)COP(=O)(O)OC[C@@H](COC(=O)CCCCCCCCC(C)CC)OC(=O)CCCCCCCCCC(C)C. The van der Waals surface area contributed by atoms with Crippen LogP contribution in [0.2, 0.25) is 0 Å². The average Bonchev–Trinajstić information content (AvgIpc) is 3.64. The number of hydrogen-bond donors (Lipinski definition) is 3. The number of aliphatic hydroxyl groups is 1. The van der Waals surface area contributed by atoms with Gasteiger partial charge in [0.05, 0.1) is 26.4 Å². The molecule has 0 fully saturated rings. The van der Waals surface area contributed by atoms with Gasteiger partial charge in [0, 0.05) is 25.7 Å². The molecule has 17 nitrogen and oxygen atoms in total. The quantitative estimate of drug-likeness (QED) is 0.0222. The highest BCUT2D eigenvalue weighted by atomic mass is 31.2. The Labute approximate surface area is 543 Å². The minimum absolute atomic E-state index is 0.102. The minimum atomic E-state index is -4.95. The van der Waals surface area contributed by atoms with Crippen molar-refractivity contribution in [2.24, 2.45) is 17.8 Å². The number of aliphatic hydroxyl groups excluding tert-OH is 1. The first-order valence-electron chi connectivity index (χ1n) is 36.4. The summed E-state index contributed by atoms with van der Waals surface area (Å²) in [4.78, 5) is 72.5. The molecule has 0 saturated carbocycles. The van der Waals surface area contributed by atoms with Gasteiger partial charge in [-0.05, 0) is 43.4 Å². The summed E-state index contributed by atoms with van der Waals surface area (Å²) in [6, 6.07) is 0. The first-order valence-corrected chi connectivity index (χ1v) is 39.4. The molecule has 0 saturated heterocycles. The molecule has 7 atom stereocenters. The molecule has 0 heterocycles. The van der Waals surface area contributed by atoms with Gasteiger partial charge in [-0.25, -0.2) is 9.13 Å². The van der Waals surface area contributed by atoms with E-state index >= 15 is 0 Å². The third-order valence-electron chi connectivity index (χ3n) is 16.9. The Morgan fingerprint density at radius 1 is 0.326 bits per heavy atom. The third kappa shape index (κ3) is 62.0. The minimum Gasteiger partial charge on any atom is -0.462 e. The van der Waals surface area contributed by atoms with Crippen molar-refractivity contribution in [3.8, 4) is 0 Å². The zero-order chi connectivity index (χ0) is 65.9. The van der Waals surface area contributed by atoms with Crippen LogP contribution in [0.4, 0.5) is 0 Å². The van der Waals surface area contributed by atoms with Crippen molar-refractivity contribution < 1.29 is 80.2 Å². The van der Waals surface area contributed by atoms with Crippen LogP contribution in [0.5, 0.6) is 0 Å². The van der Waals surface area contributed by atoms with Gasteiger partial charge in [-0.15, -0.1) is 0 Å². The van der Waals surface area contributed by atoms with Gasteiger partial charge in [-0.2, -0.15) is 0 Å². The molecule has 19 heteroatoms. The van der Waals surface area contributed by atoms with Gasteiger partial charge in [-0.1, -0.05) is 299 Å². The molecule has 0 aliphatic rings. The van der Waals surface area contributed by atoms with Crippen molar-refractivity contribution in [1.29, 1.82) is 0 Å². The van der Waals surface area contributed by atoms with E-state index in [1.807, 2.05) is 0 Å². The Hall–Kier alpha value is -1.94. The van der Waals surface area contributed by atoms with Crippen LogP contribution in [-0.4, -0.2) is 96.7 Å². The zero-order valence-corrected chi connectivity index (χ0v) is 59.7. The summed E-state index contributed by atoms with van der Waals surface area (Å²) in [6.45, 7) is 11.7. The summed E-state index contributed by atoms with van der Waals surface area (Å²) < 4.78 is 68.2. The Kier molecular flexibility index (Phi) is 59.6. The Morgan fingerprint density at radius 2 is 0.573 bits per heavy atom. The molecule has 0 aromatic carbocycles. The number of esters is 4. The highest BCUT2D eigenvalue weighted by molar-refractivity contribution is 7.47. The smallest absolute Gasteiger partial charge is 0.462 e. The fourth-order valence-corrected chi connectivity index (χ4v) is 12.1. The predicted octanol–water partition coefficient (Wildman–Crippen LogP) is 19.8. The van der Waals surface area contributed by atoms with Gasteiger partial charge in [0.2, 0.25) is 0 Å². The summed E-state index contributed by atoms with van der Waals surface area (Å²) in [5.41, 5.74) is 0. The molecule has 0 radical (unpaired) electrons. The van der Waals surface area contributed by atoms with E-state index in [0.29, 0.717) is 31.6 Å². The second-order valence-electron chi connectivity index (χ2n) is 26.2. The molecular formula is C70H136O17P2. The van der Waals surface area contributed by atoms with E-state index in [2.05, 4.69) is 48.5 Å². The Morgan fingerprint density at radius 3 is 0.854 bits per heavy atom. The summed E-state index contributed by atoms with van der Waals surface area (Å²) >= 11 is 0. The number of unbranched alkanes of at least 4 members (excludes halogenated alkanes) is 34. The maximum atomic E-state index is 13.0. The Bertz CT molecular complexity index is 1750. The number of hydrogen-bond acceptors (Lipinski definition) is 15. The van der Waals surface area contributed by atoms with E-state index in [1.54, 1.807) is 0 Å². The fourth-order valence-electron chi connectivity index (χ4n) is 10.5. The number of ether oxygens (including phenoxy) is 4. The molecule has 0 bridgehead atoms. The topological polar surface area (TPSA) is 237 Å². The van der Waals surface area contributed by atoms with E-state index in [0.717, 1.165) is 108 Å². The van der Waals surface area contributed by atoms with Crippen LogP contribution < -0.4 is 0 Å². The second kappa shape index (κ2) is 61.0. The fraction of sp³-hybridized carbons (Fsp3) is 0.943. The number of carbonyl (C=O) groups excluding carboxylic acids is 4. The molecule has 0 aromatic rings. The predicted molar refractivity (Wildman–Crippen MR) is 358 cm³/mol. The number of phosphoric acid groups is 2. The molecule has 0 aromatic heterocycles. The van der Waals surface area contributed by atoms with Crippen molar-refractivity contribution in [1.82, 2.24) is 0 Å². The second-order valence-corrected chi connectivity index (χ2v) is 29.1. The van der Waals surface area contributed by atoms with Gasteiger partial charge in [0.25, 0.3) is 0 Å². The van der Waals surface area contributed by atoms with Gasteiger partial charge < -0.3 is 33.8 Å². The lowest BCUT2D eigenvalue weighted by atomic mass is 9.99. The highest BCUT2D eigenvalue weighted by Gasteiger charge is 2.30. The van der Waals surface area contributed by atoms with E-state index in [-0.39, 0.29) is 25.7 Å². The largest absolute Gasteiger partial charge is 0.472 e. The summed E-state index contributed by atoms with van der Waals surface area (Å²) in [5, 5.41) is 10.6. The molecule has 3 N–H and O–H groups in total. The van der Waals surface area contributed by atoms with E-state index < -0.39 is 97.5 Å². The standard InChI is InChI=1S/C70H136O17P2/c1-8-11-12-13-14-15-16-17-18-19-20-21-22-23-30-39-46-53-69(74)86-65(57-80-67(72)51-44-37-29-25-24-28-35-42-49-62(6)9-2)59-84-88(76,77)82-55-64(71)56-83-89(78,79)85-60-66(87-70(75)54-47-40-31-26-27-34-41-48-61(4)5)58-81-68(73)52-45-38-33-32-36-43-50-63(7)10-3/h61-66,71H,8-60H2,1-7H3,(H,76,77)(H,78,79)/t62?,63?,64-,65-,66-/m1/s1. The van der Waals surface area contributed by atoms with Crippen molar-refractivity contribution >= 4 is 39.5 Å².